The second-order valence-electron chi connectivity index (χ2n) is 5.69. The highest BCUT2D eigenvalue weighted by atomic mass is 32.2. The lowest BCUT2D eigenvalue weighted by molar-refractivity contribution is -0.138. The lowest BCUT2D eigenvalue weighted by atomic mass is 10.1. The van der Waals surface area contributed by atoms with Gasteiger partial charge in [0, 0.05) is 0 Å². The van der Waals surface area contributed by atoms with Crippen molar-refractivity contribution in [2.75, 3.05) is 7.11 Å². The van der Waals surface area contributed by atoms with Gasteiger partial charge in [0.25, 0.3) is 5.91 Å². The van der Waals surface area contributed by atoms with Crippen LogP contribution in [0.25, 0.3) is 6.08 Å². The van der Waals surface area contributed by atoms with E-state index in [4.69, 9.17) is 27.0 Å². The Morgan fingerprint density at radius 2 is 1.90 bits per heavy atom. The largest absolute Gasteiger partial charge is 0.493 e. The van der Waals surface area contributed by atoms with Crippen LogP contribution in [0.3, 0.4) is 0 Å². The molecule has 1 heterocycles. The number of methoxy groups -OCH3 is 1. The molecule has 5 nitrogen and oxygen atoms in total. The standard InChI is InChI=1S/C19H11F3N2O3S2/c1-26-15-7-10(8-16-17(25)24-18(28)29-16)2-5-14(15)27-13-4-3-11(9-23)6-12(13)19(20,21)22/h2-8H,1H3,(H,24,25,28)/b16-8+. The summed E-state index contributed by atoms with van der Waals surface area (Å²) in [7, 11) is 1.34. The molecule has 2 aromatic carbocycles. The van der Waals surface area contributed by atoms with Crippen LogP contribution in [0.15, 0.2) is 41.3 Å². The molecule has 0 atom stereocenters. The molecule has 29 heavy (non-hydrogen) atoms. The van der Waals surface area contributed by atoms with E-state index in [9.17, 15) is 18.0 Å². The van der Waals surface area contributed by atoms with Gasteiger partial charge in [0.2, 0.25) is 0 Å². The lowest BCUT2D eigenvalue weighted by Gasteiger charge is -2.16. The molecule has 1 N–H and O–H groups in total. The fraction of sp³-hybridized carbons (Fsp3) is 0.105. The summed E-state index contributed by atoms with van der Waals surface area (Å²) in [6.07, 6.45) is -3.13. The fourth-order valence-corrected chi connectivity index (χ4v) is 3.50. The first-order chi connectivity index (χ1) is 13.7. The van der Waals surface area contributed by atoms with Crippen molar-refractivity contribution in [3.8, 4) is 23.3 Å². The second kappa shape index (κ2) is 8.14. The van der Waals surface area contributed by atoms with E-state index in [1.807, 2.05) is 0 Å². The Morgan fingerprint density at radius 3 is 2.48 bits per heavy atom. The predicted octanol–water partition coefficient (Wildman–Crippen LogP) is 4.87. The number of ether oxygens (including phenoxy) is 2. The minimum absolute atomic E-state index is 0.0453. The third-order valence-electron chi connectivity index (χ3n) is 3.76. The molecule has 1 amide bonds. The van der Waals surface area contributed by atoms with Crippen LogP contribution >= 0.6 is 24.0 Å². The van der Waals surface area contributed by atoms with E-state index in [0.29, 0.717) is 14.8 Å². The number of thioether (sulfide) groups is 1. The number of nitrogens with one attached hydrogen (secondary N) is 1. The van der Waals surface area contributed by atoms with Gasteiger partial charge in [-0.25, -0.2) is 0 Å². The van der Waals surface area contributed by atoms with E-state index < -0.39 is 17.5 Å². The van der Waals surface area contributed by atoms with Crippen LogP contribution in [0.5, 0.6) is 17.2 Å². The molecule has 148 valence electrons. The number of rotatable bonds is 4. The molecule has 10 heteroatoms. The summed E-state index contributed by atoms with van der Waals surface area (Å²) in [6.45, 7) is 0. The molecule has 1 aliphatic heterocycles. The Hall–Kier alpha value is -3.03. The highest BCUT2D eigenvalue weighted by Gasteiger charge is 2.35. The number of alkyl halides is 3. The molecular weight excluding hydrogens is 425 g/mol. The molecular formula is C19H11F3N2O3S2. The number of hydrogen-bond donors (Lipinski definition) is 1. The molecule has 0 spiro atoms. The van der Waals surface area contributed by atoms with Gasteiger partial charge in [-0.15, -0.1) is 0 Å². The van der Waals surface area contributed by atoms with Crippen molar-refractivity contribution in [2.24, 2.45) is 0 Å². The third-order valence-corrected chi connectivity index (χ3v) is 4.92. The average molecular weight is 436 g/mol. The minimum atomic E-state index is -4.70. The molecule has 1 saturated heterocycles. The first kappa shape index (κ1) is 20.7. The van der Waals surface area contributed by atoms with Gasteiger partial charge in [0.05, 0.1) is 29.2 Å². The average Bonchev–Trinajstić information content (AvgIpc) is 2.99. The number of carbonyl (C=O) groups excluding carboxylic acids is 1. The zero-order valence-corrected chi connectivity index (χ0v) is 16.3. The Morgan fingerprint density at radius 1 is 1.17 bits per heavy atom. The van der Waals surface area contributed by atoms with Gasteiger partial charge >= 0.3 is 6.18 Å². The number of thiocarbonyl (C=S) groups is 1. The number of carbonyl (C=O) groups is 1. The number of nitriles is 1. The summed E-state index contributed by atoms with van der Waals surface area (Å²) in [5, 5.41) is 11.3. The Balaban J connectivity index is 1.95. The molecule has 3 rings (SSSR count). The molecule has 1 fully saturated rings. The van der Waals surface area contributed by atoms with E-state index in [2.05, 4.69) is 5.32 Å². The van der Waals surface area contributed by atoms with E-state index in [1.54, 1.807) is 18.2 Å². The molecule has 1 aliphatic rings. The van der Waals surface area contributed by atoms with Crippen LogP contribution in [0.2, 0.25) is 0 Å². The zero-order chi connectivity index (χ0) is 21.2. The van der Waals surface area contributed by atoms with Gasteiger partial charge in [0.15, 0.2) is 11.5 Å². The Kier molecular flexibility index (Phi) is 5.81. The number of benzene rings is 2. The van der Waals surface area contributed by atoms with Crippen molar-refractivity contribution < 1.29 is 27.4 Å². The van der Waals surface area contributed by atoms with Crippen LogP contribution in [-0.4, -0.2) is 17.3 Å². The van der Waals surface area contributed by atoms with Gasteiger partial charge in [-0.3, -0.25) is 4.79 Å². The number of halogens is 3. The number of hydrogen-bond acceptors (Lipinski definition) is 6. The van der Waals surface area contributed by atoms with E-state index in [0.717, 1.165) is 23.9 Å². The van der Waals surface area contributed by atoms with Crippen molar-refractivity contribution in [1.29, 1.82) is 5.26 Å². The topological polar surface area (TPSA) is 71.3 Å². The normalized spacial score (nSPS) is 15.2. The fourth-order valence-electron chi connectivity index (χ4n) is 2.46. The smallest absolute Gasteiger partial charge is 0.420 e. The van der Waals surface area contributed by atoms with Crippen molar-refractivity contribution in [2.45, 2.75) is 6.18 Å². The summed E-state index contributed by atoms with van der Waals surface area (Å²) in [5.74, 6) is -0.574. The molecule has 0 aliphatic carbocycles. The van der Waals surface area contributed by atoms with Crippen LogP contribution < -0.4 is 14.8 Å². The van der Waals surface area contributed by atoms with Crippen molar-refractivity contribution in [3.05, 3.63) is 58.0 Å². The number of amides is 1. The van der Waals surface area contributed by atoms with Gasteiger partial charge in [-0.05, 0) is 42.0 Å². The van der Waals surface area contributed by atoms with Crippen LogP contribution in [0.4, 0.5) is 13.2 Å². The monoisotopic (exact) mass is 436 g/mol. The van der Waals surface area contributed by atoms with Gasteiger partial charge in [-0.1, -0.05) is 30.0 Å². The van der Waals surface area contributed by atoms with Crippen LogP contribution in [0, 0.1) is 11.3 Å². The first-order valence-corrected chi connectivity index (χ1v) is 9.16. The second-order valence-corrected chi connectivity index (χ2v) is 7.40. The summed E-state index contributed by atoms with van der Waals surface area (Å²) in [6, 6.07) is 9.22. The van der Waals surface area contributed by atoms with E-state index in [-0.39, 0.29) is 23.0 Å². The number of nitrogens with zero attached hydrogens (tertiary/aromatic N) is 1. The predicted molar refractivity (Wildman–Crippen MR) is 106 cm³/mol. The van der Waals surface area contributed by atoms with Crippen LogP contribution in [-0.2, 0) is 11.0 Å². The van der Waals surface area contributed by atoms with Gasteiger partial charge in [-0.2, -0.15) is 18.4 Å². The van der Waals surface area contributed by atoms with Crippen molar-refractivity contribution in [1.82, 2.24) is 5.32 Å². The van der Waals surface area contributed by atoms with Crippen molar-refractivity contribution >= 4 is 40.3 Å². The molecule has 0 unspecified atom stereocenters. The molecule has 0 radical (unpaired) electrons. The van der Waals surface area contributed by atoms with Crippen LogP contribution in [0.1, 0.15) is 16.7 Å². The highest BCUT2D eigenvalue weighted by Crippen LogP contribution is 2.41. The van der Waals surface area contributed by atoms with Gasteiger partial charge < -0.3 is 14.8 Å². The minimum Gasteiger partial charge on any atom is -0.493 e. The van der Waals surface area contributed by atoms with E-state index >= 15 is 0 Å². The molecule has 0 saturated carbocycles. The first-order valence-electron chi connectivity index (χ1n) is 7.93. The van der Waals surface area contributed by atoms with Gasteiger partial charge in [0.1, 0.15) is 10.1 Å². The lowest BCUT2D eigenvalue weighted by Crippen LogP contribution is -2.17. The summed E-state index contributed by atoms with van der Waals surface area (Å²) in [5.41, 5.74) is -0.631. The maximum absolute atomic E-state index is 13.3. The Labute approximate surface area is 173 Å². The summed E-state index contributed by atoms with van der Waals surface area (Å²) < 4.78 is 51.0. The molecule has 2 aromatic rings. The summed E-state index contributed by atoms with van der Waals surface area (Å²) in [4.78, 5) is 12.1. The molecule has 0 aromatic heterocycles. The molecule has 0 bridgehead atoms. The van der Waals surface area contributed by atoms with E-state index in [1.165, 1.54) is 25.3 Å². The SMILES string of the molecule is COc1cc(/C=C2/SC(=S)NC2=O)ccc1Oc1ccc(C#N)cc1C(F)(F)F. The third kappa shape index (κ3) is 4.70. The zero-order valence-electron chi connectivity index (χ0n) is 14.7. The van der Waals surface area contributed by atoms with Crippen molar-refractivity contribution in [3.63, 3.8) is 0 Å². The summed E-state index contributed by atoms with van der Waals surface area (Å²) >= 11 is 6.03. The Bertz CT molecular complexity index is 1080. The maximum atomic E-state index is 13.3. The maximum Gasteiger partial charge on any atom is 0.420 e. The quantitative estimate of drug-likeness (QED) is 0.545. The highest BCUT2D eigenvalue weighted by molar-refractivity contribution is 8.26.